The van der Waals surface area contributed by atoms with E-state index in [2.05, 4.69) is 4.72 Å². The van der Waals surface area contributed by atoms with Crippen LogP contribution in [0.1, 0.15) is 18.1 Å². The van der Waals surface area contributed by atoms with Crippen LogP contribution >= 0.6 is 11.6 Å². The second-order valence-corrected chi connectivity index (χ2v) is 9.44. The average Bonchev–Trinajstić information content (AvgIpc) is 2.85. The number of halogens is 1. The Labute approximate surface area is 186 Å². The van der Waals surface area contributed by atoms with Crippen molar-refractivity contribution in [1.82, 2.24) is 4.90 Å². The summed E-state index contributed by atoms with van der Waals surface area (Å²) < 4.78 is 33.8. The Kier molecular flexibility index (Phi) is 5.89. The summed E-state index contributed by atoms with van der Waals surface area (Å²) in [4.78, 5) is 14.6. The summed E-state index contributed by atoms with van der Waals surface area (Å²) >= 11 is 5.85. The predicted octanol–water partition coefficient (Wildman–Crippen LogP) is 4.45. The van der Waals surface area contributed by atoms with E-state index in [-0.39, 0.29) is 10.8 Å². The first-order chi connectivity index (χ1) is 14.8. The van der Waals surface area contributed by atoms with Crippen LogP contribution in [-0.2, 0) is 27.9 Å². The molecular formula is C23H21ClN2O4S. The van der Waals surface area contributed by atoms with Crippen LogP contribution in [-0.4, -0.2) is 25.3 Å². The van der Waals surface area contributed by atoms with E-state index in [1.165, 1.54) is 24.3 Å². The van der Waals surface area contributed by atoms with Gasteiger partial charge in [0.2, 0.25) is 0 Å². The molecule has 0 aliphatic carbocycles. The van der Waals surface area contributed by atoms with Gasteiger partial charge in [-0.3, -0.25) is 9.52 Å². The number of anilines is 1. The Morgan fingerprint density at radius 2 is 1.77 bits per heavy atom. The number of carbonyl (C=O) groups is 1. The van der Waals surface area contributed by atoms with Gasteiger partial charge in [0, 0.05) is 29.4 Å². The number of sulfonamides is 1. The zero-order valence-corrected chi connectivity index (χ0v) is 18.4. The quantitative estimate of drug-likeness (QED) is 0.615. The minimum absolute atomic E-state index is 0.109. The topological polar surface area (TPSA) is 75.7 Å². The summed E-state index contributed by atoms with van der Waals surface area (Å²) in [5.41, 5.74) is 2.12. The first-order valence-electron chi connectivity index (χ1n) is 9.72. The van der Waals surface area contributed by atoms with Gasteiger partial charge in [-0.2, -0.15) is 0 Å². The number of rotatable bonds is 5. The molecule has 1 unspecified atom stereocenters. The smallest absolute Gasteiger partial charge is 0.263 e. The fraction of sp³-hybridized carbons (Fsp3) is 0.174. The third kappa shape index (κ3) is 4.84. The van der Waals surface area contributed by atoms with E-state index in [4.69, 9.17) is 16.3 Å². The zero-order chi connectivity index (χ0) is 22.0. The second kappa shape index (κ2) is 8.61. The summed E-state index contributed by atoms with van der Waals surface area (Å²) in [6, 6.07) is 20.6. The highest BCUT2D eigenvalue weighted by atomic mass is 35.5. The number of carbonyl (C=O) groups excluding carboxylic acids is 1. The monoisotopic (exact) mass is 456 g/mol. The molecule has 0 saturated carbocycles. The summed E-state index contributed by atoms with van der Waals surface area (Å²) in [6.07, 6.45) is -0.637. The van der Waals surface area contributed by atoms with Crippen LogP contribution in [0.2, 0.25) is 5.02 Å². The van der Waals surface area contributed by atoms with E-state index in [1.54, 1.807) is 30.0 Å². The lowest BCUT2D eigenvalue weighted by Gasteiger charge is -2.22. The first-order valence-corrected chi connectivity index (χ1v) is 11.6. The van der Waals surface area contributed by atoms with Crippen molar-refractivity contribution >= 4 is 33.2 Å². The van der Waals surface area contributed by atoms with Crippen molar-refractivity contribution in [3.8, 4) is 5.75 Å². The van der Waals surface area contributed by atoms with Crippen LogP contribution < -0.4 is 9.46 Å². The van der Waals surface area contributed by atoms with Crippen molar-refractivity contribution < 1.29 is 17.9 Å². The molecule has 3 aromatic rings. The molecule has 1 aliphatic heterocycles. The fourth-order valence-electron chi connectivity index (χ4n) is 3.43. The molecule has 31 heavy (non-hydrogen) atoms. The van der Waals surface area contributed by atoms with Crippen molar-refractivity contribution in [3.05, 3.63) is 88.9 Å². The molecule has 1 atom stereocenters. The molecule has 4 rings (SSSR count). The van der Waals surface area contributed by atoms with E-state index >= 15 is 0 Å². The normalized spacial score (nSPS) is 16.3. The SMILES string of the molecule is CC1Oc2ccc(NS(=O)(=O)c3ccc(Cl)cc3)cc2CN(Cc2ccccc2)C1=O. The fourth-order valence-corrected chi connectivity index (χ4v) is 4.60. The molecule has 8 heteroatoms. The van der Waals surface area contributed by atoms with Gasteiger partial charge in [-0.15, -0.1) is 0 Å². The maximum atomic E-state index is 12.8. The molecule has 0 radical (unpaired) electrons. The second-order valence-electron chi connectivity index (χ2n) is 7.32. The van der Waals surface area contributed by atoms with Crippen LogP contribution in [0.3, 0.4) is 0 Å². The Bertz CT molecular complexity index is 1200. The van der Waals surface area contributed by atoms with Crippen molar-refractivity contribution in [2.75, 3.05) is 4.72 Å². The molecule has 0 spiro atoms. The Morgan fingerprint density at radius 3 is 2.48 bits per heavy atom. The van der Waals surface area contributed by atoms with Gasteiger partial charge in [-0.05, 0) is 55.0 Å². The van der Waals surface area contributed by atoms with Gasteiger partial charge >= 0.3 is 0 Å². The van der Waals surface area contributed by atoms with Gasteiger partial charge in [-0.1, -0.05) is 41.9 Å². The van der Waals surface area contributed by atoms with Gasteiger partial charge in [0.15, 0.2) is 6.10 Å². The van der Waals surface area contributed by atoms with E-state index in [9.17, 15) is 13.2 Å². The van der Waals surface area contributed by atoms with Gasteiger partial charge in [0.05, 0.1) is 4.90 Å². The van der Waals surface area contributed by atoms with Crippen molar-refractivity contribution in [2.24, 2.45) is 0 Å². The Morgan fingerprint density at radius 1 is 1.06 bits per heavy atom. The molecule has 1 aliphatic rings. The summed E-state index contributed by atoms with van der Waals surface area (Å²) in [5, 5.41) is 0.457. The van der Waals surface area contributed by atoms with E-state index in [0.717, 1.165) is 11.1 Å². The zero-order valence-electron chi connectivity index (χ0n) is 16.8. The summed E-state index contributed by atoms with van der Waals surface area (Å²) in [5.74, 6) is 0.439. The molecule has 0 saturated heterocycles. The molecule has 1 N–H and O–H groups in total. The van der Waals surface area contributed by atoms with Crippen molar-refractivity contribution in [3.63, 3.8) is 0 Å². The van der Waals surface area contributed by atoms with Crippen LogP contribution in [0.25, 0.3) is 0 Å². The maximum absolute atomic E-state index is 12.8. The lowest BCUT2D eigenvalue weighted by atomic mass is 10.1. The van der Waals surface area contributed by atoms with Gasteiger partial charge < -0.3 is 9.64 Å². The highest BCUT2D eigenvalue weighted by molar-refractivity contribution is 7.92. The van der Waals surface area contributed by atoms with Crippen molar-refractivity contribution in [1.29, 1.82) is 0 Å². The molecular weight excluding hydrogens is 436 g/mol. The number of fused-ring (bicyclic) bond motifs is 1. The number of ether oxygens (including phenoxy) is 1. The number of hydrogen-bond donors (Lipinski definition) is 1. The lowest BCUT2D eigenvalue weighted by Crippen LogP contribution is -2.37. The molecule has 160 valence electrons. The maximum Gasteiger partial charge on any atom is 0.263 e. The Hall–Kier alpha value is -3.03. The number of hydrogen-bond acceptors (Lipinski definition) is 4. The third-order valence-electron chi connectivity index (χ3n) is 4.98. The van der Waals surface area contributed by atoms with Crippen molar-refractivity contribution in [2.45, 2.75) is 31.0 Å². The largest absolute Gasteiger partial charge is 0.481 e. The molecule has 1 heterocycles. The van der Waals surface area contributed by atoms with E-state index in [1.807, 2.05) is 30.3 Å². The Balaban J connectivity index is 1.60. The number of nitrogens with one attached hydrogen (secondary N) is 1. The molecule has 0 bridgehead atoms. The predicted molar refractivity (Wildman–Crippen MR) is 119 cm³/mol. The van der Waals surface area contributed by atoms with Crippen LogP contribution in [0.15, 0.2) is 77.7 Å². The average molecular weight is 457 g/mol. The van der Waals surface area contributed by atoms with Gasteiger partial charge in [0.25, 0.3) is 15.9 Å². The summed E-state index contributed by atoms with van der Waals surface area (Å²) in [7, 11) is -3.78. The van der Waals surface area contributed by atoms with Gasteiger partial charge in [0.1, 0.15) is 5.75 Å². The number of benzene rings is 3. The molecule has 0 aromatic heterocycles. The van der Waals surface area contributed by atoms with Crippen LogP contribution in [0.4, 0.5) is 5.69 Å². The number of nitrogens with zero attached hydrogens (tertiary/aromatic N) is 1. The lowest BCUT2D eigenvalue weighted by molar-refractivity contribution is -0.138. The molecule has 0 fully saturated rings. The first kappa shape index (κ1) is 21.2. The van der Waals surface area contributed by atoms with Crippen LogP contribution in [0.5, 0.6) is 5.75 Å². The van der Waals surface area contributed by atoms with Crippen LogP contribution in [0, 0.1) is 0 Å². The highest BCUT2D eigenvalue weighted by Crippen LogP contribution is 2.30. The summed E-state index contributed by atoms with van der Waals surface area (Å²) in [6.45, 7) is 2.46. The minimum atomic E-state index is -3.78. The molecule has 3 aromatic carbocycles. The molecule has 6 nitrogen and oxygen atoms in total. The minimum Gasteiger partial charge on any atom is -0.481 e. The number of amides is 1. The standard InChI is InChI=1S/C23H21ClN2O4S/c1-16-23(27)26(14-17-5-3-2-4-6-17)15-18-13-20(9-12-22(18)30-16)25-31(28,29)21-10-7-19(24)8-11-21/h2-13,16,25H,14-15H2,1H3. The third-order valence-corrected chi connectivity index (χ3v) is 6.63. The highest BCUT2D eigenvalue weighted by Gasteiger charge is 2.28. The van der Waals surface area contributed by atoms with Gasteiger partial charge in [-0.25, -0.2) is 8.42 Å². The van der Waals surface area contributed by atoms with E-state index < -0.39 is 16.1 Å². The van der Waals surface area contributed by atoms with E-state index in [0.29, 0.717) is 29.5 Å². The molecule has 1 amide bonds.